The predicted octanol–water partition coefficient (Wildman–Crippen LogP) is 3.24. The number of nitrogens with zero attached hydrogens (tertiary/aromatic N) is 1. The second-order valence-corrected chi connectivity index (χ2v) is 8.51. The van der Waals surface area contributed by atoms with Crippen molar-refractivity contribution in [3.63, 3.8) is 0 Å². The third-order valence-corrected chi connectivity index (χ3v) is 5.21. The van der Waals surface area contributed by atoms with Crippen LogP contribution in [0.3, 0.4) is 0 Å². The molecule has 6 heteroatoms. The standard InChI is InChI=1S/C15H19NO3S2/c1-11-4-5-14(12(2)8-11)15-16-13(9-19-15)10-20-6-7-21(3,17)18/h4-5,8-9H,6-7,10H2,1-3H3. The van der Waals surface area contributed by atoms with Crippen LogP contribution in [0, 0.1) is 13.8 Å². The fourth-order valence-corrected chi connectivity index (χ4v) is 4.11. The van der Waals surface area contributed by atoms with Gasteiger partial charge in [-0.25, -0.2) is 13.4 Å². The van der Waals surface area contributed by atoms with Crippen LogP contribution in [0.5, 0.6) is 0 Å². The second kappa shape index (κ2) is 6.66. The Bertz CT molecular complexity index is 720. The van der Waals surface area contributed by atoms with Gasteiger partial charge in [0.15, 0.2) is 0 Å². The first-order valence-corrected chi connectivity index (χ1v) is 9.84. The summed E-state index contributed by atoms with van der Waals surface area (Å²) in [5.41, 5.74) is 4.17. The lowest BCUT2D eigenvalue weighted by atomic mass is 10.1. The monoisotopic (exact) mass is 325 g/mol. The smallest absolute Gasteiger partial charge is 0.226 e. The van der Waals surface area contributed by atoms with Gasteiger partial charge in [-0.3, -0.25) is 0 Å². The molecule has 0 saturated carbocycles. The fraction of sp³-hybridized carbons (Fsp3) is 0.400. The molecule has 0 spiro atoms. The van der Waals surface area contributed by atoms with E-state index < -0.39 is 9.84 Å². The topological polar surface area (TPSA) is 60.2 Å². The number of aryl methyl sites for hydroxylation is 2. The third-order valence-electron chi connectivity index (χ3n) is 3.01. The summed E-state index contributed by atoms with van der Waals surface area (Å²) in [6.07, 6.45) is 2.89. The predicted molar refractivity (Wildman–Crippen MR) is 87.3 cm³/mol. The van der Waals surface area contributed by atoms with E-state index in [1.807, 2.05) is 19.1 Å². The normalized spacial score (nSPS) is 11.8. The Balaban J connectivity index is 1.98. The molecule has 1 aromatic carbocycles. The number of benzene rings is 1. The van der Waals surface area contributed by atoms with Gasteiger partial charge in [0.2, 0.25) is 5.89 Å². The summed E-state index contributed by atoms with van der Waals surface area (Å²) < 4.78 is 27.6. The van der Waals surface area contributed by atoms with E-state index in [2.05, 4.69) is 18.0 Å². The molecule has 0 fully saturated rings. The van der Waals surface area contributed by atoms with E-state index in [9.17, 15) is 8.42 Å². The van der Waals surface area contributed by atoms with Crippen molar-refractivity contribution in [1.82, 2.24) is 4.98 Å². The average Bonchev–Trinajstić information content (AvgIpc) is 2.82. The van der Waals surface area contributed by atoms with Crippen molar-refractivity contribution in [2.24, 2.45) is 0 Å². The summed E-state index contributed by atoms with van der Waals surface area (Å²) in [4.78, 5) is 4.47. The Hall–Kier alpha value is -1.27. The third kappa shape index (κ3) is 4.89. The first-order chi connectivity index (χ1) is 9.85. The minimum absolute atomic E-state index is 0.194. The van der Waals surface area contributed by atoms with Gasteiger partial charge in [-0.2, -0.15) is 11.8 Å². The Morgan fingerprint density at radius 2 is 2.05 bits per heavy atom. The number of rotatable bonds is 6. The minimum Gasteiger partial charge on any atom is -0.444 e. The lowest BCUT2D eigenvalue weighted by Gasteiger charge is -2.02. The van der Waals surface area contributed by atoms with Crippen LogP contribution in [0.25, 0.3) is 11.5 Å². The van der Waals surface area contributed by atoms with Crippen LogP contribution >= 0.6 is 11.8 Å². The molecule has 0 aliphatic rings. The molecule has 2 rings (SSSR count). The van der Waals surface area contributed by atoms with Crippen molar-refractivity contribution in [3.05, 3.63) is 41.3 Å². The van der Waals surface area contributed by atoms with Gasteiger partial charge in [0.05, 0.1) is 11.4 Å². The van der Waals surface area contributed by atoms with Crippen molar-refractivity contribution < 1.29 is 12.8 Å². The number of hydrogen-bond acceptors (Lipinski definition) is 5. The SMILES string of the molecule is Cc1ccc(-c2nc(CSCCS(C)(=O)=O)co2)c(C)c1. The molecule has 0 bridgehead atoms. The number of thioether (sulfide) groups is 1. The molecule has 0 aliphatic carbocycles. The highest BCUT2D eigenvalue weighted by molar-refractivity contribution is 7.99. The highest BCUT2D eigenvalue weighted by atomic mass is 32.2. The molecule has 114 valence electrons. The maximum atomic E-state index is 11.0. The van der Waals surface area contributed by atoms with E-state index in [0.717, 1.165) is 16.8 Å². The largest absolute Gasteiger partial charge is 0.444 e. The molecule has 0 N–H and O–H groups in total. The molecular formula is C15H19NO3S2. The first-order valence-electron chi connectivity index (χ1n) is 6.62. The van der Waals surface area contributed by atoms with Crippen LogP contribution in [0.1, 0.15) is 16.8 Å². The molecule has 0 amide bonds. The zero-order valence-corrected chi connectivity index (χ0v) is 14.1. The van der Waals surface area contributed by atoms with Gasteiger partial charge < -0.3 is 4.42 Å². The van der Waals surface area contributed by atoms with Crippen LogP contribution < -0.4 is 0 Å². The van der Waals surface area contributed by atoms with Gasteiger partial charge in [-0.05, 0) is 25.5 Å². The number of hydrogen-bond donors (Lipinski definition) is 0. The maximum absolute atomic E-state index is 11.0. The van der Waals surface area contributed by atoms with Crippen molar-refractivity contribution in [2.75, 3.05) is 17.8 Å². The van der Waals surface area contributed by atoms with E-state index in [0.29, 0.717) is 17.4 Å². The van der Waals surface area contributed by atoms with Crippen LogP contribution in [0.15, 0.2) is 28.9 Å². The van der Waals surface area contributed by atoms with E-state index in [-0.39, 0.29) is 5.75 Å². The quantitative estimate of drug-likeness (QED) is 0.763. The Morgan fingerprint density at radius 1 is 1.29 bits per heavy atom. The molecule has 0 atom stereocenters. The molecule has 21 heavy (non-hydrogen) atoms. The summed E-state index contributed by atoms with van der Waals surface area (Å²) in [6.45, 7) is 4.09. The van der Waals surface area contributed by atoms with Crippen molar-refractivity contribution in [1.29, 1.82) is 0 Å². The fourth-order valence-electron chi connectivity index (χ4n) is 1.94. The molecule has 1 heterocycles. The number of aromatic nitrogens is 1. The molecule has 0 unspecified atom stereocenters. The zero-order chi connectivity index (χ0) is 15.5. The highest BCUT2D eigenvalue weighted by Gasteiger charge is 2.10. The van der Waals surface area contributed by atoms with Crippen molar-refractivity contribution in [3.8, 4) is 11.5 Å². The van der Waals surface area contributed by atoms with Crippen molar-refractivity contribution in [2.45, 2.75) is 19.6 Å². The van der Waals surface area contributed by atoms with E-state index in [4.69, 9.17) is 4.42 Å². The van der Waals surface area contributed by atoms with E-state index >= 15 is 0 Å². The molecule has 0 aliphatic heterocycles. The summed E-state index contributed by atoms with van der Waals surface area (Å²) >= 11 is 1.55. The Morgan fingerprint density at radius 3 is 2.71 bits per heavy atom. The molecule has 4 nitrogen and oxygen atoms in total. The van der Waals surface area contributed by atoms with Gasteiger partial charge in [0, 0.05) is 23.3 Å². The van der Waals surface area contributed by atoms with Crippen LogP contribution in [0.4, 0.5) is 0 Å². The molecule has 1 aromatic heterocycles. The van der Waals surface area contributed by atoms with Crippen LogP contribution in [-0.2, 0) is 15.6 Å². The first kappa shape index (κ1) is 16.1. The Kier molecular flexibility index (Phi) is 5.11. The van der Waals surface area contributed by atoms with Gasteiger partial charge in [0.25, 0.3) is 0 Å². The summed E-state index contributed by atoms with van der Waals surface area (Å²) in [7, 11) is -2.89. The zero-order valence-electron chi connectivity index (χ0n) is 12.4. The lowest BCUT2D eigenvalue weighted by Crippen LogP contribution is -2.05. The number of sulfone groups is 1. The minimum atomic E-state index is -2.89. The maximum Gasteiger partial charge on any atom is 0.226 e. The van der Waals surface area contributed by atoms with E-state index in [1.54, 1.807) is 18.0 Å². The number of oxazole rings is 1. The average molecular weight is 325 g/mol. The molecular weight excluding hydrogens is 306 g/mol. The van der Waals surface area contributed by atoms with Crippen LogP contribution in [-0.4, -0.2) is 31.2 Å². The highest BCUT2D eigenvalue weighted by Crippen LogP contribution is 2.24. The van der Waals surface area contributed by atoms with Gasteiger partial charge in [0.1, 0.15) is 16.1 Å². The summed E-state index contributed by atoms with van der Waals surface area (Å²) in [5.74, 6) is 2.04. The molecule has 0 saturated heterocycles. The van der Waals surface area contributed by atoms with E-state index in [1.165, 1.54) is 11.8 Å². The van der Waals surface area contributed by atoms with Crippen LogP contribution in [0.2, 0.25) is 0 Å². The van der Waals surface area contributed by atoms with Crippen molar-refractivity contribution >= 4 is 21.6 Å². The molecule has 2 aromatic rings. The van der Waals surface area contributed by atoms with Gasteiger partial charge in [-0.15, -0.1) is 0 Å². The second-order valence-electron chi connectivity index (χ2n) is 5.14. The summed E-state index contributed by atoms with van der Waals surface area (Å²) in [5, 5.41) is 0. The van der Waals surface area contributed by atoms with Gasteiger partial charge >= 0.3 is 0 Å². The molecule has 0 radical (unpaired) electrons. The lowest BCUT2D eigenvalue weighted by molar-refractivity contribution is 0.573. The van der Waals surface area contributed by atoms with Gasteiger partial charge in [-0.1, -0.05) is 17.7 Å². The Labute approximate surface area is 129 Å². The summed E-state index contributed by atoms with van der Waals surface area (Å²) in [6, 6.07) is 6.14.